The summed E-state index contributed by atoms with van der Waals surface area (Å²) in [6.45, 7) is 5.44. The Morgan fingerprint density at radius 2 is 1.94 bits per heavy atom. The molecule has 3 aromatic rings. The van der Waals surface area contributed by atoms with Crippen LogP contribution in [0.3, 0.4) is 0 Å². The number of aryl methyl sites for hydroxylation is 2. The van der Waals surface area contributed by atoms with Crippen LogP contribution in [0.5, 0.6) is 5.75 Å². The Kier molecular flexibility index (Phi) is 7.21. The molecule has 1 heterocycles. The molecular weight excluding hydrogens is 432 g/mol. The Labute approximate surface area is 188 Å². The zero-order valence-corrected chi connectivity index (χ0v) is 18.7. The highest BCUT2D eigenvalue weighted by molar-refractivity contribution is 7.15. The van der Waals surface area contributed by atoms with E-state index in [0.717, 1.165) is 22.5 Å². The molecular formula is C23H22N2O6S. The van der Waals surface area contributed by atoms with E-state index in [-0.39, 0.29) is 24.5 Å². The number of nitro benzene ring substituents is 1. The second-order valence-corrected chi connectivity index (χ2v) is 7.87. The first-order valence-corrected chi connectivity index (χ1v) is 10.7. The fourth-order valence-electron chi connectivity index (χ4n) is 3.12. The van der Waals surface area contributed by atoms with Crippen LogP contribution in [0.2, 0.25) is 0 Å². The summed E-state index contributed by atoms with van der Waals surface area (Å²) >= 11 is 1.14. The molecule has 1 aromatic heterocycles. The SMILES string of the molecule is CCOC(=O)c1c(-c2cccc([N+](=O)[O-])c2)csc1NC(=O)COc1ccc(C)cc1C. The van der Waals surface area contributed by atoms with Crippen molar-refractivity contribution in [2.75, 3.05) is 18.5 Å². The van der Waals surface area contributed by atoms with Crippen LogP contribution in [0, 0.1) is 24.0 Å². The van der Waals surface area contributed by atoms with Gasteiger partial charge in [-0.05, 0) is 38.0 Å². The van der Waals surface area contributed by atoms with Crippen LogP contribution in [-0.2, 0) is 9.53 Å². The molecule has 1 amide bonds. The number of benzene rings is 2. The Bertz CT molecular complexity index is 1170. The molecule has 0 atom stereocenters. The number of carbonyl (C=O) groups is 2. The first-order chi connectivity index (χ1) is 15.3. The molecule has 0 radical (unpaired) electrons. The van der Waals surface area contributed by atoms with Crippen molar-refractivity contribution < 1.29 is 24.0 Å². The van der Waals surface area contributed by atoms with Crippen LogP contribution in [0.15, 0.2) is 47.8 Å². The van der Waals surface area contributed by atoms with Crippen molar-refractivity contribution in [3.63, 3.8) is 0 Å². The molecule has 0 aliphatic carbocycles. The van der Waals surface area contributed by atoms with Crippen molar-refractivity contribution in [2.24, 2.45) is 0 Å². The van der Waals surface area contributed by atoms with Crippen molar-refractivity contribution in [1.29, 1.82) is 0 Å². The van der Waals surface area contributed by atoms with Crippen molar-refractivity contribution in [2.45, 2.75) is 20.8 Å². The number of anilines is 1. The van der Waals surface area contributed by atoms with E-state index in [1.165, 1.54) is 18.2 Å². The van der Waals surface area contributed by atoms with Crippen molar-refractivity contribution >= 4 is 33.9 Å². The summed E-state index contributed by atoms with van der Waals surface area (Å²) in [7, 11) is 0. The molecule has 0 aliphatic rings. The Morgan fingerprint density at radius 1 is 1.16 bits per heavy atom. The molecule has 166 valence electrons. The summed E-state index contributed by atoms with van der Waals surface area (Å²) in [6, 6.07) is 11.6. The van der Waals surface area contributed by atoms with Crippen molar-refractivity contribution in [3.05, 3.63) is 74.6 Å². The Balaban J connectivity index is 1.84. The summed E-state index contributed by atoms with van der Waals surface area (Å²) in [6.07, 6.45) is 0. The van der Waals surface area contributed by atoms with Gasteiger partial charge in [0.15, 0.2) is 6.61 Å². The molecule has 0 aliphatic heterocycles. The van der Waals surface area contributed by atoms with Gasteiger partial charge in [0, 0.05) is 23.1 Å². The van der Waals surface area contributed by atoms with E-state index < -0.39 is 16.8 Å². The van der Waals surface area contributed by atoms with E-state index in [4.69, 9.17) is 9.47 Å². The van der Waals surface area contributed by atoms with Crippen LogP contribution in [0.25, 0.3) is 11.1 Å². The van der Waals surface area contributed by atoms with Crippen LogP contribution < -0.4 is 10.1 Å². The smallest absolute Gasteiger partial charge is 0.341 e. The van der Waals surface area contributed by atoms with Crippen LogP contribution in [0.1, 0.15) is 28.4 Å². The fraction of sp³-hybridized carbons (Fsp3) is 0.217. The molecule has 9 heteroatoms. The quantitative estimate of drug-likeness (QED) is 0.287. The number of carbonyl (C=O) groups excluding carboxylic acids is 2. The molecule has 0 unspecified atom stereocenters. The average Bonchev–Trinajstić information content (AvgIpc) is 3.17. The number of nitrogens with zero attached hydrogens (tertiary/aromatic N) is 1. The highest BCUT2D eigenvalue weighted by Crippen LogP contribution is 2.37. The summed E-state index contributed by atoms with van der Waals surface area (Å²) in [4.78, 5) is 35.8. The number of ether oxygens (including phenoxy) is 2. The highest BCUT2D eigenvalue weighted by Gasteiger charge is 2.24. The lowest BCUT2D eigenvalue weighted by atomic mass is 10.0. The van der Waals surface area contributed by atoms with E-state index in [1.807, 2.05) is 26.0 Å². The Hall–Kier alpha value is -3.72. The minimum absolute atomic E-state index is 0.101. The largest absolute Gasteiger partial charge is 0.483 e. The summed E-state index contributed by atoms with van der Waals surface area (Å²) in [5.74, 6) is -0.469. The first-order valence-electron chi connectivity index (χ1n) is 9.83. The van der Waals surface area contributed by atoms with E-state index >= 15 is 0 Å². The fourth-order valence-corrected chi connectivity index (χ4v) is 4.10. The zero-order valence-electron chi connectivity index (χ0n) is 17.8. The number of hydrogen-bond donors (Lipinski definition) is 1. The zero-order chi connectivity index (χ0) is 23.3. The topological polar surface area (TPSA) is 108 Å². The maximum Gasteiger partial charge on any atom is 0.341 e. The maximum absolute atomic E-state index is 12.6. The van der Waals surface area contributed by atoms with E-state index in [9.17, 15) is 19.7 Å². The van der Waals surface area contributed by atoms with Gasteiger partial charge in [-0.3, -0.25) is 14.9 Å². The van der Waals surface area contributed by atoms with E-state index in [2.05, 4.69) is 5.32 Å². The minimum Gasteiger partial charge on any atom is -0.483 e. The molecule has 3 rings (SSSR count). The lowest BCUT2D eigenvalue weighted by molar-refractivity contribution is -0.384. The normalized spacial score (nSPS) is 10.5. The van der Waals surface area contributed by atoms with Gasteiger partial charge in [-0.2, -0.15) is 0 Å². The minimum atomic E-state index is -0.624. The van der Waals surface area contributed by atoms with Gasteiger partial charge in [0.2, 0.25) is 0 Å². The number of thiophene rings is 1. The van der Waals surface area contributed by atoms with Crippen LogP contribution >= 0.6 is 11.3 Å². The third-order valence-corrected chi connectivity index (χ3v) is 5.48. The van der Waals surface area contributed by atoms with Crippen molar-refractivity contribution in [1.82, 2.24) is 0 Å². The third-order valence-electron chi connectivity index (χ3n) is 4.58. The average molecular weight is 455 g/mol. The van der Waals surface area contributed by atoms with Crippen LogP contribution in [0.4, 0.5) is 10.7 Å². The van der Waals surface area contributed by atoms with Gasteiger partial charge in [-0.15, -0.1) is 11.3 Å². The molecule has 0 saturated heterocycles. The number of amides is 1. The number of hydrogen-bond acceptors (Lipinski definition) is 7. The maximum atomic E-state index is 12.6. The molecule has 0 fully saturated rings. The number of nitrogens with one attached hydrogen (secondary N) is 1. The molecule has 8 nitrogen and oxygen atoms in total. The van der Waals surface area contributed by atoms with Gasteiger partial charge >= 0.3 is 5.97 Å². The summed E-state index contributed by atoms with van der Waals surface area (Å²) in [5, 5.41) is 15.8. The number of rotatable bonds is 8. The van der Waals surface area contributed by atoms with Gasteiger partial charge in [0.05, 0.1) is 11.5 Å². The van der Waals surface area contributed by atoms with Gasteiger partial charge in [-0.1, -0.05) is 29.8 Å². The van der Waals surface area contributed by atoms with Gasteiger partial charge < -0.3 is 14.8 Å². The van der Waals surface area contributed by atoms with Gasteiger partial charge in [0.25, 0.3) is 11.6 Å². The molecule has 0 spiro atoms. The van der Waals surface area contributed by atoms with Gasteiger partial charge in [-0.25, -0.2) is 4.79 Å². The standard InChI is InChI=1S/C23H22N2O6S/c1-4-30-23(27)21-18(16-6-5-7-17(11-16)25(28)29)13-32-22(21)24-20(26)12-31-19-9-8-14(2)10-15(19)3/h5-11,13H,4,12H2,1-3H3,(H,24,26). The molecule has 32 heavy (non-hydrogen) atoms. The van der Waals surface area contributed by atoms with E-state index in [0.29, 0.717) is 21.9 Å². The lowest BCUT2D eigenvalue weighted by Gasteiger charge is -2.11. The summed E-state index contributed by atoms with van der Waals surface area (Å²) < 4.78 is 10.8. The predicted molar refractivity (Wildman–Crippen MR) is 122 cm³/mol. The second kappa shape index (κ2) is 10.1. The Morgan fingerprint density at radius 3 is 2.62 bits per heavy atom. The lowest BCUT2D eigenvalue weighted by Crippen LogP contribution is -2.21. The van der Waals surface area contributed by atoms with Crippen LogP contribution in [-0.4, -0.2) is 30.0 Å². The van der Waals surface area contributed by atoms with Gasteiger partial charge in [0.1, 0.15) is 16.3 Å². The molecule has 0 bridgehead atoms. The highest BCUT2D eigenvalue weighted by atomic mass is 32.1. The molecule has 0 saturated carbocycles. The van der Waals surface area contributed by atoms with Crippen molar-refractivity contribution in [3.8, 4) is 16.9 Å². The third kappa shape index (κ3) is 5.30. The predicted octanol–water partition coefficient (Wildman–Crippen LogP) is 5.13. The first kappa shape index (κ1) is 23.0. The number of nitro groups is 1. The number of esters is 1. The number of non-ortho nitro benzene ring substituents is 1. The molecule has 2 aromatic carbocycles. The molecule has 1 N–H and O–H groups in total. The monoisotopic (exact) mass is 454 g/mol. The van der Waals surface area contributed by atoms with E-state index in [1.54, 1.807) is 24.4 Å². The second-order valence-electron chi connectivity index (χ2n) is 6.99. The summed E-state index contributed by atoms with van der Waals surface area (Å²) in [5.41, 5.74) is 2.97.